The lowest BCUT2D eigenvalue weighted by Gasteiger charge is -2.36. The van der Waals surface area contributed by atoms with Crippen LogP contribution in [-0.4, -0.2) is 50.7 Å². The number of aromatic nitrogens is 2. The predicted molar refractivity (Wildman–Crippen MR) is 109 cm³/mol. The first-order valence-corrected chi connectivity index (χ1v) is 10.3. The number of hydrogen-bond acceptors (Lipinski definition) is 6. The Hall–Kier alpha value is -1.87. The highest BCUT2D eigenvalue weighted by Gasteiger charge is 2.41. The van der Waals surface area contributed by atoms with E-state index in [0.29, 0.717) is 29.2 Å². The van der Waals surface area contributed by atoms with Crippen molar-refractivity contribution in [2.45, 2.75) is 44.6 Å². The van der Waals surface area contributed by atoms with E-state index in [-0.39, 0.29) is 11.9 Å². The normalized spacial score (nSPS) is 22.4. The summed E-state index contributed by atoms with van der Waals surface area (Å²) in [6.07, 6.45) is 3.51. The van der Waals surface area contributed by atoms with Crippen LogP contribution in [0.1, 0.15) is 25.3 Å². The standard InChI is InChI=1S/C19H22Cl2N4O4/c1-19(12-24-9-17(25(26)27)22-18(24)29-19)11-23-6-4-14(5-7-23)28-10-13-2-3-15(20)16(21)8-13/h2-3,8-9,14H,4-7,10-12H2,1H3/t19-/m0/s1. The smallest absolute Gasteiger partial charge is 0.415 e. The third-order valence-electron chi connectivity index (χ3n) is 5.32. The van der Waals surface area contributed by atoms with Gasteiger partial charge in [0.05, 0.1) is 29.3 Å². The molecule has 0 bridgehead atoms. The van der Waals surface area contributed by atoms with Gasteiger partial charge < -0.3 is 19.6 Å². The van der Waals surface area contributed by atoms with Crippen LogP contribution >= 0.6 is 23.2 Å². The summed E-state index contributed by atoms with van der Waals surface area (Å²) in [5.74, 6) is -0.179. The summed E-state index contributed by atoms with van der Waals surface area (Å²) in [4.78, 5) is 16.6. The van der Waals surface area contributed by atoms with Gasteiger partial charge in [0.15, 0.2) is 0 Å². The van der Waals surface area contributed by atoms with Gasteiger partial charge in [-0.2, -0.15) is 0 Å². The van der Waals surface area contributed by atoms with Gasteiger partial charge in [-0.3, -0.25) is 9.47 Å². The average Bonchev–Trinajstić information content (AvgIpc) is 3.19. The Balaban J connectivity index is 1.24. The Labute approximate surface area is 178 Å². The number of piperidine rings is 1. The van der Waals surface area contributed by atoms with Gasteiger partial charge in [0, 0.05) is 24.6 Å². The first kappa shape index (κ1) is 20.4. The van der Waals surface area contributed by atoms with Crippen molar-refractivity contribution in [2.24, 2.45) is 0 Å². The summed E-state index contributed by atoms with van der Waals surface area (Å²) in [5.41, 5.74) is 0.572. The molecule has 0 saturated carbocycles. The second-order valence-corrected chi connectivity index (χ2v) is 8.67. The highest BCUT2D eigenvalue weighted by atomic mass is 35.5. The number of halogens is 2. The Morgan fingerprint density at radius 3 is 2.76 bits per heavy atom. The predicted octanol–water partition coefficient (Wildman–Crippen LogP) is 3.93. The van der Waals surface area contributed by atoms with Crippen molar-refractivity contribution >= 4 is 29.0 Å². The van der Waals surface area contributed by atoms with Gasteiger partial charge in [0.25, 0.3) is 0 Å². The topological polar surface area (TPSA) is 82.7 Å². The van der Waals surface area contributed by atoms with Gasteiger partial charge in [0.1, 0.15) is 11.8 Å². The number of likely N-dealkylation sites (tertiary alicyclic amines) is 1. The lowest BCUT2D eigenvalue weighted by Crippen LogP contribution is -2.48. The number of nitrogens with zero attached hydrogens (tertiary/aromatic N) is 4. The molecule has 0 N–H and O–H groups in total. The van der Waals surface area contributed by atoms with Gasteiger partial charge >= 0.3 is 11.8 Å². The highest BCUT2D eigenvalue weighted by molar-refractivity contribution is 6.42. The molecule has 0 amide bonds. The number of fused-ring (bicyclic) bond motifs is 1. The number of rotatable bonds is 6. The summed E-state index contributed by atoms with van der Waals surface area (Å²) in [6, 6.07) is 5.87. The summed E-state index contributed by atoms with van der Waals surface area (Å²) in [7, 11) is 0. The minimum absolute atomic E-state index is 0.179. The summed E-state index contributed by atoms with van der Waals surface area (Å²) >= 11 is 12.0. The van der Waals surface area contributed by atoms with E-state index in [2.05, 4.69) is 9.88 Å². The van der Waals surface area contributed by atoms with Crippen LogP contribution in [0.3, 0.4) is 0 Å². The van der Waals surface area contributed by atoms with Gasteiger partial charge in [0.2, 0.25) is 0 Å². The molecule has 4 rings (SSSR count). The molecule has 2 aliphatic heterocycles. The van der Waals surface area contributed by atoms with E-state index in [1.807, 2.05) is 19.1 Å². The molecule has 1 atom stereocenters. The molecule has 1 fully saturated rings. The summed E-state index contributed by atoms with van der Waals surface area (Å²) in [6.45, 7) is 5.64. The molecule has 3 heterocycles. The monoisotopic (exact) mass is 440 g/mol. The zero-order valence-corrected chi connectivity index (χ0v) is 17.5. The van der Waals surface area contributed by atoms with Crippen LogP contribution < -0.4 is 4.74 Å². The molecule has 156 valence electrons. The van der Waals surface area contributed by atoms with Crippen molar-refractivity contribution in [3.05, 3.63) is 50.1 Å². The lowest BCUT2D eigenvalue weighted by atomic mass is 10.0. The highest BCUT2D eigenvalue weighted by Crippen LogP contribution is 2.32. The van der Waals surface area contributed by atoms with Gasteiger partial charge in [-0.1, -0.05) is 29.3 Å². The van der Waals surface area contributed by atoms with Gasteiger partial charge in [-0.05, 0) is 42.4 Å². The number of ether oxygens (including phenoxy) is 2. The van der Waals surface area contributed by atoms with Crippen LogP contribution in [0.2, 0.25) is 10.0 Å². The van der Waals surface area contributed by atoms with Crippen LogP contribution in [0.15, 0.2) is 24.4 Å². The average molecular weight is 441 g/mol. The summed E-state index contributed by atoms with van der Waals surface area (Å²) in [5, 5.41) is 11.9. The number of benzene rings is 1. The fraction of sp³-hybridized carbons (Fsp3) is 0.526. The molecular weight excluding hydrogens is 419 g/mol. The zero-order valence-electron chi connectivity index (χ0n) is 16.0. The molecular formula is C19H22Cl2N4O4. The van der Waals surface area contributed by atoms with Crippen molar-refractivity contribution in [3.63, 3.8) is 0 Å². The van der Waals surface area contributed by atoms with Crippen LogP contribution in [-0.2, 0) is 17.9 Å². The molecule has 8 nitrogen and oxygen atoms in total. The molecule has 2 aromatic rings. The minimum Gasteiger partial charge on any atom is -0.436 e. The molecule has 1 aromatic heterocycles. The molecule has 0 aliphatic carbocycles. The maximum absolute atomic E-state index is 10.8. The zero-order chi connectivity index (χ0) is 20.6. The van der Waals surface area contributed by atoms with E-state index < -0.39 is 10.5 Å². The first-order chi connectivity index (χ1) is 13.8. The molecule has 0 unspecified atom stereocenters. The molecule has 10 heteroatoms. The maximum Gasteiger partial charge on any atom is 0.415 e. The molecule has 1 saturated heterocycles. The maximum atomic E-state index is 10.8. The van der Waals surface area contributed by atoms with Crippen molar-refractivity contribution < 1.29 is 14.4 Å². The molecule has 1 aromatic carbocycles. The van der Waals surface area contributed by atoms with Crippen LogP contribution in [0.5, 0.6) is 6.01 Å². The van der Waals surface area contributed by atoms with E-state index >= 15 is 0 Å². The van der Waals surface area contributed by atoms with Crippen molar-refractivity contribution in [1.82, 2.24) is 14.5 Å². The van der Waals surface area contributed by atoms with Crippen LogP contribution in [0.25, 0.3) is 0 Å². The SMILES string of the molecule is C[C@]1(CN2CCC(OCc3ccc(Cl)c(Cl)c3)CC2)Cn2cc([N+](=O)[O-])nc2O1. The summed E-state index contributed by atoms with van der Waals surface area (Å²) < 4.78 is 13.7. The van der Waals surface area contributed by atoms with Crippen molar-refractivity contribution in [2.75, 3.05) is 19.6 Å². The van der Waals surface area contributed by atoms with Gasteiger partial charge in [-0.15, -0.1) is 0 Å². The fourth-order valence-corrected chi connectivity index (χ4v) is 4.23. The second-order valence-electron chi connectivity index (χ2n) is 7.85. The minimum atomic E-state index is -0.505. The number of imidazole rings is 1. The van der Waals surface area contributed by atoms with E-state index in [1.165, 1.54) is 6.20 Å². The van der Waals surface area contributed by atoms with Crippen LogP contribution in [0.4, 0.5) is 5.82 Å². The van der Waals surface area contributed by atoms with Crippen LogP contribution in [0, 0.1) is 10.1 Å². The third-order valence-corrected chi connectivity index (χ3v) is 6.06. The van der Waals surface area contributed by atoms with E-state index in [9.17, 15) is 10.1 Å². The first-order valence-electron chi connectivity index (χ1n) is 9.50. The third kappa shape index (κ3) is 4.66. The molecule has 0 spiro atoms. The van der Waals surface area contributed by atoms with E-state index in [0.717, 1.165) is 38.0 Å². The lowest BCUT2D eigenvalue weighted by molar-refractivity contribution is -0.389. The van der Waals surface area contributed by atoms with E-state index in [4.69, 9.17) is 32.7 Å². The van der Waals surface area contributed by atoms with Gasteiger partial charge in [-0.25, -0.2) is 0 Å². The molecule has 2 aliphatic rings. The number of nitro groups is 1. The van der Waals surface area contributed by atoms with E-state index in [1.54, 1.807) is 10.6 Å². The Bertz CT molecular complexity index is 888. The Kier molecular flexibility index (Phi) is 5.70. The number of hydrogen-bond donors (Lipinski definition) is 0. The Morgan fingerprint density at radius 2 is 2.10 bits per heavy atom. The largest absolute Gasteiger partial charge is 0.436 e. The quantitative estimate of drug-likeness (QED) is 0.499. The molecule has 0 radical (unpaired) electrons. The fourth-order valence-electron chi connectivity index (χ4n) is 3.91. The molecule has 29 heavy (non-hydrogen) atoms. The van der Waals surface area contributed by atoms with Crippen molar-refractivity contribution in [3.8, 4) is 6.01 Å². The Morgan fingerprint density at radius 1 is 1.34 bits per heavy atom. The van der Waals surface area contributed by atoms with Crippen molar-refractivity contribution in [1.29, 1.82) is 0 Å². The second kappa shape index (κ2) is 8.10.